The number of phenols is 1. The summed E-state index contributed by atoms with van der Waals surface area (Å²) in [6.07, 6.45) is 2.92. The Hall–Kier alpha value is -1.80. The van der Waals surface area contributed by atoms with Gasteiger partial charge in [-0.2, -0.15) is 0 Å². The zero-order valence-corrected chi connectivity index (χ0v) is 12.3. The van der Waals surface area contributed by atoms with Crippen molar-refractivity contribution in [1.82, 2.24) is 0 Å². The van der Waals surface area contributed by atoms with Crippen LogP contribution in [0.1, 0.15) is 31.7 Å². The SMILES string of the molecule is CCCCC(=Nc1ccccc1Cl)c1ccccc1O. The van der Waals surface area contributed by atoms with Crippen molar-refractivity contribution in [2.75, 3.05) is 0 Å². The number of phenolic OH excluding ortho intramolecular Hbond substituents is 1. The number of nitrogens with zero attached hydrogens (tertiary/aromatic N) is 1. The molecule has 0 heterocycles. The zero-order valence-electron chi connectivity index (χ0n) is 11.5. The van der Waals surface area contributed by atoms with Crippen LogP contribution in [0.5, 0.6) is 5.75 Å². The summed E-state index contributed by atoms with van der Waals surface area (Å²) in [5.41, 5.74) is 2.39. The monoisotopic (exact) mass is 287 g/mol. The number of hydrogen-bond acceptors (Lipinski definition) is 2. The van der Waals surface area contributed by atoms with Gasteiger partial charge in [-0.1, -0.05) is 49.2 Å². The minimum absolute atomic E-state index is 0.259. The molecule has 0 fully saturated rings. The van der Waals surface area contributed by atoms with Gasteiger partial charge in [-0.3, -0.25) is 4.99 Å². The summed E-state index contributed by atoms with van der Waals surface area (Å²) in [5, 5.41) is 10.6. The van der Waals surface area contributed by atoms with Crippen LogP contribution in [0.4, 0.5) is 5.69 Å². The number of aliphatic imine (C=N–C) groups is 1. The average molecular weight is 288 g/mol. The van der Waals surface area contributed by atoms with Crippen molar-refractivity contribution in [2.45, 2.75) is 26.2 Å². The lowest BCUT2D eigenvalue weighted by atomic mass is 10.0. The van der Waals surface area contributed by atoms with Gasteiger partial charge in [0, 0.05) is 5.56 Å². The van der Waals surface area contributed by atoms with Crippen molar-refractivity contribution in [3.8, 4) is 5.75 Å². The summed E-state index contributed by atoms with van der Waals surface area (Å²) in [6.45, 7) is 2.14. The van der Waals surface area contributed by atoms with E-state index in [1.165, 1.54) is 0 Å². The predicted molar refractivity (Wildman–Crippen MR) is 85.3 cm³/mol. The van der Waals surface area contributed by atoms with Gasteiger partial charge in [-0.25, -0.2) is 0 Å². The second-order valence-corrected chi connectivity index (χ2v) is 5.04. The molecule has 0 aliphatic heterocycles. The van der Waals surface area contributed by atoms with Crippen LogP contribution in [0.15, 0.2) is 53.5 Å². The highest BCUT2D eigenvalue weighted by Gasteiger charge is 2.09. The van der Waals surface area contributed by atoms with Crippen molar-refractivity contribution >= 4 is 23.0 Å². The highest BCUT2D eigenvalue weighted by molar-refractivity contribution is 6.33. The van der Waals surface area contributed by atoms with E-state index in [2.05, 4.69) is 11.9 Å². The molecule has 0 amide bonds. The molecule has 104 valence electrons. The fraction of sp³-hybridized carbons (Fsp3) is 0.235. The Morgan fingerprint density at radius 3 is 2.50 bits per heavy atom. The van der Waals surface area contributed by atoms with Gasteiger partial charge in [0.15, 0.2) is 0 Å². The molecule has 0 spiro atoms. The van der Waals surface area contributed by atoms with E-state index in [0.29, 0.717) is 5.02 Å². The molecule has 0 atom stereocenters. The predicted octanol–water partition coefficient (Wildman–Crippen LogP) is 5.36. The third-order valence-electron chi connectivity index (χ3n) is 3.09. The van der Waals surface area contributed by atoms with Crippen LogP contribution in [-0.2, 0) is 0 Å². The molecule has 0 aromatic heterocycles. The van der Waals surface area contributed by atoms with Crippen LogP contribution in [0, 0.1) is 0 Å². The highest BCUT2D eigenvalue weighted by atomic mass is 35.5. The maximum Gasteiger partial charge on any atom is 0.124 e. The average Bonchev–Trinajstić information content (AvgIpc) is 2.46. The molecule has 2 aromatic carbocycles. The summed E-state index contributed by atoms with van der Waals surface area (Å²) in [6, 6.07) is 14.8. The van der Waals surface area contributed by atoms with Gasteiger partial charge < -0.3 is 5.11 Å². The lowest BCUT2D eigenvalue weighted by Gasteiger charge is -2.09. The molecule has 20 heavy (non-hydrogen) atoms. The van der Waals surface area contributed by atoms with E-state index in [0.717, 1.165) is 36.2 Å². The van der Waals surface area contributed by atoms with Crippen LogP contribution in [-0.4, -0.2) is 10.8 Å². The first kappa shape index (κ1) is 14.6. The van der Waals surface area contributed by atoms with Crippen molar-refractivity contribution in [2.24, 2.45) is 4.99 Å². The van der Waals surface area contributed by atoms with Gasteiger partial charge in [-0.15, -0.1) is 0 Å². The first-order valence-electron chi connectivity index (χ1n) is 6.83. The van der Waals surface area contributed by atoms with E-state index in [-0.39, 0.29) is 5.75 Å². The Morgan fingerprint density at radius 2 is 1.80 bits per heavy atom. The molecular weight excluding hydrogens is 270 g/mol. The van der Waals surface area contributed by atoms with E-state index in [4.69, 9.17) is 11.6 Å². The standard InChI is InChI=1S/C17H18ClNO/c1-2-3-10-15(13-8-4-7-12-17(13)20)19-16-11-6-5-9-14(16)18/h4-9,11-12,20H,2-3,10H2,1H3. The van der Waals surface area contributed by atoms with Crippen molar-refractivity contribution in [3.63, 3.8) is 0 Å². The van der Waals surface area contributed by atoms with Gasteiger partial charge >= 0.3 is 0 Å². The van der Waals surface area contributed by atoms with E-state index in [1.807, 2.05) is 42.5 Å². The van der Waals surface area contributed by atoms with Gasteiger partial charge in [0.25, 0.3) is 0 Å². The first-order valence-corrected chi connectivity index (χ1v) is 7.20. The van der Waals surface area contributed by atoms with Crippen LogP contribution in [0.2, 0.25) is 5.02 Å². The molecular formula is C17H18ClNO. The first-order chi connectivity index (χ1) is 9.72. The topological polar surface area (TPSA) is 32.6 Å². The van der Waals surface area contributed by atoms with E-state index in [9.17, 15) is 5.11 Å². The van der Waals surface area contributed by atoms with Gasteiger partial charge in [0.2, 0.25) is 0 Å². The smallest absolute Gasteiger partial charge is 0.124 e. The molecule has 0 unspecified atom stereocenters. The fourth-order valence-corrected chi connectivity index (χ4v) is 2.18. The van der Waals surface area contributed by atoms with Gasteiger partial charge in [-0.05, 0) is 37.1 Å². The van der Waals surface area contributed by atoms with E-state index < -0.39 is 0 Å². The van der Waals surface area contributed by atoms with Crippen LogP contribution in [0.3, 0.4) is 0 Å². The maximum absolute atomic E-state index is 10.0. The van der Waals surface area contributed by atoms with Gasteiger partial charge in [0.1, 0.15) is 5.75 Å². The summed E-state index contributed by atoms with van der Waals surface area (Å²) in [5.74, 6) is 0.259. The molecule has 0 bridgehead atoms. The maximum atomic E-state index is 10.0. The molecule has 3 heteroatoms. The number of unbranched alkanes of at least 4 members (excludes halogenated alkanes) is 1. The number of rotatable bonds is 5. The Balaban J connectivity index is 2.43. The largest absolute Gasteiger partial charge is 0.507 e. The second kappa shape index (κ2) is 7.11. The quantitative estimate of drug-likeness (QED) is 0.738. The third kappa shape index (κ3) is 3.61. The van der Waals surface area contributed by atoms with Crippen LogP contribution in [0.25, 0.3) is 0 Å². The summed E-state index contributed by atoms with van der Waals surface area (Å²) >= 11 is 6.16. The summed E-state index contributed by atoms with van der Waals surface area (Å²) < 4.78 is 0. The number of benzene rings is 2. The zero-order chi connectivity index (χ0) is 14.4. The Labute approximate surface area is 124 Å². The highest BCUT2D eigenvalue weighted by Crippen LogP contribution is 2.27. The fourth-order valence-electron chi connectivity index (χ4n) is 2.00. The number of para-hydroxylation sites is 2. The molecule has 1 N–H and O–H groups in total. The molecule has 0 saturated heterocycles. The minimum atomic E-state index is 0.259. The second-order valence-electron chi connectivity index (χ2n) is 4.63. The molecule has 0 aliphatic rings. The van der Waals surface area contributed by atoms with Crippen LogP contribution < -0.4 is 0 Å². The van der Waals surface area contributed by atoms with E-state index in [1.54, 1.807) is 6.07 Å². The molecule has 2 aromatic rings. The number of halogens is 1. The van der Waals surface area contributed by atoms with Crippen molar-refractivity contribution in [1.29, 1.82) is 0 Å². The Kier molecular flexibility index (Phi) is 5.19. The molecule has 2 rings (SSSR count). The summed E-state index contributed by atoms with van der Waals surface area (Å²) in [4.78, 5) is 4.65. The Bertz CT molecular complexity index is 607. The van der Waals surface area contributed by atoms with Crippen molar-refractivity contribution < 1.29 is 5.11 Å². The molecule has 2 nitrogen and oxygen atoms in total. The van der Waals surface area contributed by atoms with Crippen molar-refractivity contribution in [3.05, 3.63) is 59.1 Å². The molecule has 0 radical (unpaired) electrons. The summed E-state index contributed by atoms with van der Waals surface area (Å²) in [7, 11) is 0. The Morgan fingerprint density at radius 1 is 1.10 bits per heavy atom. The molecule has 0 saturated carbocycles. The molecule has 0 aliphatic carbocycles. The van der Waals surface area contributed by atoms with Gasteiger partial charge in [0.05, 0.1) is 16.4 Å². The van der Waals surface area contributed by atoms with Crippen LogP contribution >= 0.6 is 11.6 Å². The third-order valence-corrected chi connectivity index (χ3v) is 3.41. The minimum Gasteiger partial charge on any atom is -0.507 e. The lowest BCUT2D eigenvalue weighted by Crippen LogP contribution is -2.01. The van der Waals surface area contributed by atoms with E-state index >= 15 is 0 Å². The number of aromatic hydroxyl groups is 1. The normalized spacial score (nSPS) is 11.6. The lowest BCUT2D eigenvalue weighted by molar-refractivity contribution is 0.474. The number of hydrogen-bond donors (Lipinski definition) is 1.